The Bertz CT molecular complexity index is 542. The first kappa shape index (κ1) is 19.4. The molecule has 116 valence electrons. The van der Waals surface area contributed by atoms with E-state index in [0.29, 0.717) is 11.5 Å². The molecule has 0 saturated carbocycles. The smallest absolute Gasteiger partial charge is 0.241 e. The van der Waals surface area contributed by atoms with Gasteiger partial charge in [-0.05, 0) is 24.1 Å². The molecule has 0 aromatic carbocycles. The van der Waals surface area contributed by atoms with Crippen molar-refractivity contribution in [1.29, 1.82) is 0 Å². The van der Waals surface area contributed by atoms with E-state index in [1.807, 2.05) is 19.9 Å². The number of nitrogens with zero attached hydrogens (tertiary/aromatic N) is 3. The minimum atomic E-state index is -0.522. The fourth-order valence-corrected chi connectivity index (χ4v) is 1.53. The number of aromatic nitrogens is 3. The summed E-state index contributed by atoms with van der Waals surface area (Å²) in [6, 6.07) is 4.85. The molecule has 6 nitrogen and oxygen atoms in total. The molecule has 1 amide bonds. The van der Waals surface area contributed by atoms with Crippen molar-refractivity contribution in [2.45, 2.75) is 19.9 Å². The number of nitrogens with one attached hydrogen (secondary N) is 1. The number of halogens is 2. The monoisotopic (exact) mass is 331 g/mol. The second-order valence-corrected chi connectivity index (χ2v) is 4.61. The topological polar surface area (TPSA) is 85.8 Å². The maximum Gasteiger partial charge on any atom is 0.241 e. The molecule has 0 fully saturated rings. The Morgan fingerprint density at radius 3 is 2.52 bits per heavy atom. The second-order valence-electron chi connectivity index (χ2n) is 4.61. The van der Waals surface area contributed by atoms with Crippen molar-refractivity contribution in [2.75, 3.05) is 5.32 Å². The van der Waals surface area contributed by atoms with E-state index >= 15 is 0 Å². The first-order chi connectivity index (χ1) is 9.08. The first-order valence-corrected chi connectivity index (χ1v) is 6.10. The number of nitrogens with two attached hydrogens (primary N) is 1. The molecule has 0 bridgehead atoms. The van der Waals surface area contributed by atoms with Crippen molar-refractivity contribution in [2.24, 2.45) is 11.7 Å². The summed E-state index contributed by atoms with van der Waals surface area (Å²) in [5.41, 5.74) is 6.39. The molecular formula is C13H19Cl2N5O. The summed E-state index contributed by atoms with van der Waals surface area (Å²) < 4.78 is 1.64. The Hall–Kier alpha value is -1.63. The average Bonchev–Trinajstić information content (AvgIpc) is 2.92. The second kappa shape index (κ2) is 8.61. The fourth-order valence-electron chi connectivity index (χ4n) is 1.53. The lowest BCUT2D eigenvalue weighted by Crippen LogP contribution is -2.39. The highest BCUT2D eigenvalue weighted by atomic mass is 35.5. The van der Waals surface area contributed by atoms with Crippen molar-refractivity contribution in [3.63, 3.8) is 0 Å². The zero-order valence-corrected chi connectivity index (χ0v) is 13.4. The Morgan fingerprint density at radius 1 is 1.33 bits per heavy atom. The fraction of sp³-hybridized carbons (Fsp3) is 0.308. The van der Waals surface area contributed by atoms with Crippen LogP contribution in [0.1, 0.15) is 13.8 Å². The van der Waals surface area contributed by atoms with Gasteiger partial charge in [0.2, 0.25) is 5.91 Å². The molecule has 8 heteroatoms. The summed E-state index contributed by atoms with van der Waals surface area (Å²) in [6.45, 7) is 3.81. The Kier molecular flexibility index (Phi) is 7.94. The summed E-state index contributed by atoms with van der Waals surface area (Å²) in [4.78, 5) is 16.0. The molecule has 0 spiro atoms. The van der Waals surface area contributed by atoms with E-state index < -0.39 is 6.04 Å². The summed E-state index contributed by atoms with van der Waals surface area (Å²) in [6.07, 6.45) is 5.07. The van der Waals surface area contributed by atoms with Crippen molar-refractivity contribution in [3.05, 3.63) is 36.8 Å². The molecule has 2 heterocycles. The van der Waals surface area contributed by atoms with Crippen LogP contribution in [0.5, 0.6) is 0 Å². The average molecular weight is 332 g/mol. The zero-order valence-electron chi connectivity index (χ0n) is 11.8. The molecule has 0 aliphatic carbocycles. The maximum absolute atomic E-state index is 11.8. The van der Waals surface area contributed by atoms with Crippen molar-refractivity contribution in [3.8, 4) is 5.82 Å². The number of hydrogen-bond acceptors (Lipinski definition) is 4. The van der Waals surface area contributed by atoms with Crippen LogP contribution in [0, 0.1) is 5.92 Å². The highest BCUT2D eigenvalue weighted by Gasteiger charge is 2.17. The minimum Gasteiger partial charge on any atom is -0.323 e. The van der Waals surface area contributed by atoms with Gasteiger partial charge in [-0.3, -0.25) is 4.79 Å². The quantitative estimate of drug-likeness (QED) is 0.897. The number of pyridine rings is 1. The third-order valence-electron chi connectivity index (χ3n) is 2.78. The number of carbonyl (C=O) groups excluding carboxylic acids is 1. The summed E-state index contributed by atoms with van der Waals surface area (Å²) in [5.74, 6) is 0.580. The van der Waals surface area contributed by atoms with Crippen LogP contribution in [0.3, 0.4) is 0 Å². The van der Waals surface area contributed by atoms with E-state index in [1.54, 1.807) is 35.4 Å². The van der Waals surface area contributed by atoms with E-state index in [9.17, 15) is 4.79 Å². The Labute approximate surface area is 135 Å². The van der Waals surface area contributed by atoms with Crippen LogP contribution in [-0.4, -0.2) is 26.7 Å². The van der Waals surface area contributed by atoms with Gasteiger partial charge in [0.25, 0.3) is 0 Å². The third-order valence-corrected chi connectivity index (χ3v) is 2.78. The van der Waals surface area contributed by atoms with Crippen molar-refractivity contribution < 1.29 is 4.79 Å². The molecule has 3 N–H and O–H groups in total. The molecule has 0 saturated heterocycles. The van der Waals surface area contributed by atoms with E-state index in [1.165, 1.54) is 0 Å². The van der Waals surface area contributed by atoms with Crippen LogP contribution in [0.4, 0.5) is 5.69 Å². The molecule has 1 atom stereocenters. The number of rotatable bonds is 4. The SMILES string of the molecule is CC(C)[C@@H](N)C(=O)Nc1ccc(-n2cccn2)nc1.Cl.Cl. The van der Waals surface area contributed by atoms with Crippen molar-refractivity contribution in [1.82, 2.24) is 14.8 Å². The molecule has 2 aromatic heterocycles. The van der Waals surface area contributed by atoms with Gasteiger partial charge >= 0.3 is 0 Å². The lowest BCUT2D eigenvalue weighted by atomic mass is 10.1. The highest BCUT2D eigenvalue weighted by molar-refractivity contribution is 5.94. The normalized spacial score (nSPS) is 11.2. The lowest BCUT2D eigenvalue weighted by Gasteiger charge is -2.15. The van der Waals surface area contributed by atoms with Gasteiger partial charge in [0.15, 0.2) is 5.82 Å². The highest BCUT2D eigenvalue weighted by Crippen LogP contribution is 2.10. The molecular weight excluding hydrogens is 313 g/mol. The van der Waals surface area contributed by atoms with Crippen LogP contribution < -0.4 is 11.1 Å². The predicted molar refractivity (Wildman–Crippen MR) is 87.3 cm³/mol. The van der Waals surface area contributed by atoms with Gasteiger partial charge in [-0.25, -0.2) is 9.67 Å². The minimum absolute atomic E-state index is 0. The van der Waals surface area contributed by atoms with Gasteiger partial charge in [-0.2, -0.15) is 5.10 Å². The number of anilines is 1. The summed E-state index contributed by atoms with van der Waals surface area (Å²) >= 11 is 0. The predicted octanol–water partition coefficient (Wildman–Crippen LogP) is 2.03. The largest absolute Gasteiger partial charge is 0.323 e. The molecule has 0 unspecified atom stereocenters. The van der Waals surface area contributed by atoms with Crippen LogP contribution >= 0.6 is 24.8 Å². The van der Waals surface area contributed by atoms with Crippen LogP contribution in [0.2, 0.25) is 0 Å². The zero-order chi connectivity index (χ0) is 13.8. The molecule has 2 rings (SSSR count). The summed E-state index contributed by atoms with van der Waals surface area (Å²) in [5, 5.41) is 6.81. The number of hydrogen-bond donors (Lipinski definition) is 2. The summed E-state index contributed by atoms with van der Waals surface area (Å²) in [7, 11) is 0. The van der Waals surface area contributed by atoms with Crippen LogP contribution in [0.15, 0.2) is 36.8 Å². The van der Waals surface area contributed by atoms with E-state index in [0.717, 1.165) is 0 Å². The Balaban J connectivity index is 0.00000200. The van der Waals surface area contributed by atoms with Crippen LogP contribution in [0.25, 0.3) is 5.82 Å². The van der Waals surface area contributed by atoms with Crippen molar-refractivity contribution >= 4 is 36.4 Å². The first-order valence-electron chi connectivity index (χ1n) is 6.10. The maximum atomic E-state index is 11.8. The van der Waals surface area contributed by atoms with E-state index in [-0.39, 0.29) is 36.6 Å². The standard InChI is InChI=1S/C13H17N5O.2ClH/c1-9(2)12(14)13(19)17-10-4-5-11(15-8-10)18-7-3-6-16-18;;/h3-9,12H,14H2,1-2H3,(H,17,19);2*1H/t12-;;/m1../s1. The van der Waals surface area contributed by atoms with E-state index in [2.05, 4.69) is 15.4 Å². The number of amides is 1. The van der Waals surface area contributed by atoms with Gasteiger partial charge in [0.05, 0.1) is 17.9 Å². The lowest BCUT2D eigenvalue weighted by molar-refractivity contribution is -0.118. The molecule has 0 aliphatic rings. The third kappa shape index (κ3) is 5.00. The molecule has 2 aromatic rings. The van der Waals surface area contributed by atoms with Gasteiger partial charge in [-0.1, -0.05) is 13.8 Å². The molecule has 0 aliphatic heterocycles. The van der Waals surface area contributed by atoms with Gasteiger partial charge in [-0.15, -0.1) is 24.8 Å². The number of carbonyl (C=O) groups is 1. The molecule has 21 heavy (non-hydrogen) atoms. The van der Waals surface area contributed by atoms with Gasteiger partial charge in [0.1, 0.15) is 0 Å². The van der Waals surface area contributed by atoms with Crippen LogP contribution in [-0.2, 0) is 4.79 Å². The van der Waals surface area contributed by atoms with Gasteiger partial charge < -0.3 is 11.1 Å². The Morgan fingerprint density at radius 2 is 2.05 bits per heavy atom. The van der Waals surface area contributed by atoms with Gasteiger partial charge in [0, 0.05) is 12.4 Å². The molecule has 0 radical (unpaired) electrons. The van der Waals surface area contributed by atoms with E-state index in [4.69, 9.17) is 5.73 Å².